The van der Waals surface area contributed by atoms with Gasteiger partial charge in [0.25, 0.3) is 0 Å². The fourth-order valence-corrected chi connectivity index (χ4v) is 1.47. The molecule has 3 heteroatoms. The Kier molecular flexibility index (Phi) is 5.57. The van der Waals surface area contributed by atoms with Crippen LogP contribution in [0.5, 0.6) is 0 Å². The minimum Gasteiger partial charge on any atom is -0.326 e. The molecule has 0 unspecified atom stereocenters. The van der Waals surface area contributed by atoms with Crippen LogP contribution in [-0.2, 0) is 11.2 Å². The second-order valence-electron chi connectivity index (χ2n) is 3.81. The summed E-state index contributed by atoms with van der Waals surface area (Å²) in [6.45, 7) is 2.99. The van der Waals surface area contributed by atoms with Gasteiger partial charge in [-0.25, -0.2) is 0 Å². The van der Waals surface area contributed by atoms with Gasteiger partial charge < -0.3 is 10.6 Å². The van der Waals surface area contributed by atoms with Gasteiger partial charge in [0.2, 0.25) is 5.91 Å². The van der Waals surface area contributed by atoms with Crippen molar-refractivity contribution >= 4 is 11.6 Å². The van der Waals surface area contributed by atoms with Crippen molar-refractivity contribution in [3.05, 3.63) is 29.8 Å². The Labute approximate surface area is 97.2 Å². The number of hydrogen-bond donors (Lipinski definition) is 2. The zero-order valence-corrected chi connectivity index (χ0v) is 10.0. The summed E-state index contributed by atoms with van der Waals surface area (Å²) in [5, 5.41) is 5.91. The third-order valence-corrected chi connectivity index (χ3v) is 2.48. The Morgan fingerprint density at radius 1 is 1.25 bits per heavy atom. The molecule has 1 aromatic rings. The molecule has 1 aromatic carbocycles. The Morgan fingerprint density at radius 3 is 2.50 bits per heavy atom. The predicted octanol–water partition coefficient (Wildman–Crippen LogP) is 2.19. The van der Waals surface area contributed by atoms with Crippen LogP contribution in [0.4, 0.5) is 5.69 Å². The summed E-state index contributed by atoms with van der Waals surface area (Å²) in [4.78, 5) is 11.5. The summed E-state index contributed by atoms with van der Waals surface area (Å²) in [6, 6.07) is 8.00. The van der Waals surface area contributed by atoms with Gasteiger partial charge in [-0.3, -0.25) is 4.79 Å². The third kappa shape index (κ3) is 4.45. The lowest BCUT2D eigenvalue weighted by Crippen LogP contribution is -2.15. The second kappa shape index (κ2) is 7.01. The normalized spacial score (nSPS) is 10.1. The van der Waals surface area contributed by atoms with Gasteiger partial charge in [-0.1, -0.05) is 19.1 Å². The van der Waals surface area contributed by atoms with E-state index in [4.69, 9.17) is 0 Å². The topological polar surface area (TPSA) is 41.1 Å². The molecule has 1 rings (SSSR count). The van der Waals surface area contributed by atoms with E-state index >= 15 is 0 Å². The largest absolute Gasteiger partial charge is 0.326 e. The summed E-state index contributed by atoms with van der Waals surface area (Å²) in [7, 11) is 1.89. The number of carbonyl (C=O) groups is 1. The van der Waals surface area contributed by atoms with Crippen LogP contribution in [0.1, 0.15) is 25.3 Å². The molecule has 0 aliphatic carbocycles. The quantitative estimate of drug-likeness (QED) is 0.721. The van der Waals surface area contributed by atoms with Crippen molar-refractivity contribution in [2.45, 2.75) is 26.2 Å². The maximum Gasteiger partial charge on any atom is 0.224 e. The van der Waals surface area contributed by atoms with E-state index in [0.717, 1.165) is 25.1 Å². The lowest BCUT2D eigenvalue weighted by molar-refractivity contribution is -0.116. The maximum atomic E-state index is 11.5. The first kappa shape index (κ1) is 12.7. The number of hydrogen-bond acceptors (Lipinski definition) is 2. The Hall–Kier alpha value is -1.35. The first-order valence-corrected chi connectivity index (χ1v) is 5.79. The molecule has 0 radical (unpaired) electrons. The predicted molar refractivity (Wildman–Crippen MR) is 67.6 cm³/mol. The Bertz CT molecular complexity index is 319. The van der Waals surface area contributed by atoms with E-state index in [1.165, 1.54) is 5.56 Å². The molecule has 0 heterocycles. The van der Waals surface area contributed by atoms with E-state index in [-0.39, 0.29) is 5.91 Å². The summed E-state index contributed by atoms with van der Waals surface area (Å²) >= 11 is 0. The zero-order valence-electron chi connectivity index (χ0n) is 10.0. The van der Waals surface area contributed by atoms with E-state index < -0.39 is 0 Å². The summed E-state index contributed by atoms with van der Waals surface area (Å²) < 4.78 is 0. The van der Waals surface area contributed by atoms with Gasteiger partial charge >= 0.3 is 0 Å². The van der Waals surface area contributed by atoms with E-state index in [2.05, 4.69) is 17.6 Å². The summed E-state index contributed by atoms with van der Waals surface area (Å²) in [5.41, 5.74) is 2.17. The number of rotatable bonds is 6. The molecule has 0 bridgehead atoms. The second-order valence-corrected chi connectivity index (χ2v) is 3.81. The number of nitrogens with one attached hydrogen (secondary N) is 2. The fraction of sp³-hybridized carbons (Fsp3) is 0.462. The van der Waals surface area contributed by atoms with Crippen LogP contribution in [0.2, 0.25) is 0 Å². The smallest absolute Gasteiger partial charge is 0.224 e. The number of benzene rings is 1. The first-order chi connectivity index (χ1) is 7.76. The highest BCUT2D eigenvalue weighted by Crippen LogP contribution is 2.10. The van der Waals surface area contributed by atoms with Crippen LogP contribution < -0.4 is 10.6 Å². The van der Waals surface area contributed by atoms with Gasteiger partial charge in [-0.15, -0.1) is 0 Å². The van der Waals surface area contributed by atoms with E-state index in [1.807, 2.05) is 31.3 Å². The van der Waals surface area contributed by atoms with Crippen molar-refractivity contribution in [3.8, 4) is 0 Å². The summed E-state index contributed by atoms with van der Waals surface area (Å²) in [5.74, 6) is 0.0829. The van der Waals surface area contributed by atoms with E-state index in [1.54, 1.807) is 0 Å². The molecule has 0 aliphatic heterocycles. The van der Waals surface area contributed by atoms with E-state index in [9.17, 15) is 4.79 Å². The van der Waals surface area contributed by atoms with Crippen molar-refractivity contribution in [1.82, 2.24) is 5.32 Å². The van der Waals surface area contributed by atoms with Crippen molar-refractivity contribution in [1.29, 1.82) is 0 Å². The van der Waals surface area contributed by atoms with Crippen molar-refractivity contribution < 1.29 is 4.79 Å². The first-order valence-electron chi connectivity index (χ1n) is 5.79. The van der Waals surface area contributed by atoms with Gasteiger partial charge in [0.1, 0.15) is 0 Å². The highest BCUT2D eigenvalue weighted by Gasteiger charge is 2.01. The average Bonchev–Trinajstić information content (AvgIpc) is 2.30. The molecule has 2 N–H and O–H groups in total. The van der Waals surface area contributed by atoms with Gasteiger partial charge in [-0.05, 0) is 44.1 Å². The van der Waals surface area contributed by atoms with Crippen LogP contribution in [-0.4, -0.2) is 19.5 Å². The Balaban J connectivity index is 2.37. The number of anilines is 1. The van der Waals surface area contributed by atoms with E-state index in [0.29, 0.717) is 6.42 Å². The molecule has 1 amide bonds. The maximum absolute atomic E-state index is 11.5. The number of aryl methyl sites for hydroxylation is 1. The highest BCUT2D eigenvalue weighted by molar-refractivity contribution is 5.90. The fourth-order valence-electron chi connectivity index (χ4n) is 1.47. The molecule has 88 valence electrons. The van der Waals surface area contributed by atoms with Crippen LogP contribution >= 0.6 is 0 Å². The molecule has 3 nitrogen and oxygen atoms in total. The molecule has 16 heavy (non-hydrogen) atoms. The Morgan fingerprint density at radius 2 is 1.94 bits per heavy atom. The average molecular weight is 220 g/mol. The molecular formula is C13H20N2O. The van der Waals surface area contributed by atoms with Gasteiger partial charge in [0.05, 0.1) is 0 Å². The molecule has 0 aromatic heterocycles. The summed E-state index contributed by atoms with van der Waals surface area (Å²) in [6.07, 6.45) is 2.46. The van der Waals surface area contributed by atoms with Crippen molar-refractivity contribution in [2.75, 3.05) is 18.9 Å². The van der Waals surface area contributed by atoms with Crippen LogP contribution in [0.15, 0.2) is 24.3 Å². The number of carbonyl (C=O) groups excluding carboxylic acids is 1. The van der Waals surface area contributed by atoms with Gasteiger partial charge in [0.15, 0.2) is 0 Å². The highest BCUT2D eigenvalue weighted by atomic mass is 16.1. The minimum absolute atomic E-state index is 0.0829. The molecule has 0 saturated heterocycles. The number of amides is 1. The molecule has 0 aliphatic rings. The molecule has 0 spiro atoms. The monoisotopic (exact) mass is 220 g/mol. The molecule has 0 atom stereocenters. The van der Waals surface area contributed by atoms with Crippen LogP contribution in [0.3, 0.4) is 0 Å². The standard InChI is InChI=1S/C13H20N2O/c1-3-11-6-8-12(9-7-11)15-13(16)5-4-10-14-2/h6-9,14H,3-5,10H2,1-2H3,(H,15,16). The van der Waals surface area contributed by atoms with Gasteiger partial charge in [0, 0.05) is 12.1 Å². The van der Waals surface area contributed by atoms with Crippen molar-refractivity contribution in [3.63, 3.8) is 0 Å². The zero-order chi connectivity index (χ0) is 11.8. The lowest BCUT2D eigenvalue weighted by atomic mass is 10.1. The lowest BCUT2D eigenvalue weighted by Gasteiger charge is -2.05. The minimum atomic E-state index is 0.0829. The third-order valence-electron chi connectivity index (χ3n) is 2.48. The van der Waals surface area contributed by atoms with Gasteiger partial charge in [-0.2, -0.15) is 0 Å². The molecule has 0 fully saturated rings. The SMILES string of the molecule is CCc1ccc(NC(=O)CCCNC)cc1. The molecule has 0 saturated carbocycles. The van der Waals surface area contributed by atoms with Crippen LogP contribution in [0, 0.1) is 0 Å². The molecular weight excluding hydrogens is 200 g/mol. The van der Waals surface area contributed by atoms with Crippen molar-refractivity contribution in [2.24, 2.45) is 0 Å². The van der Waals surface area contributed by atoms with Crippen LogP contribution in [0.25, 0.3) is 0 Å².